The van der Waals surface area contributed by atoms with Crippen LogP contribution in [0.5, 0.6) is 0 Å². The molecule has 1 unspecified atom stereocenters. The first-order chi connectivity index (χ1) is 10.8. The molecule has 1 amide bonds. The van der Waals surface area contributed by atoms with E-state index in [2.05, 4.69) is 13.8 Å². The van der Waals surface area contributed by atoms with Crippen LogP contribution in [0.2, 0.25) is 0 Å². The fraction of sp³-hybridized carbons (Fsp3) is 0.632. The molecule has 0 bridgehead atoms. The Kier molecular flexibility index (Phi) is 5.61. The molecule has 5 heteroatoms. The Morgan fingerprint density at radius 2 is 1.96 bits per heavy atom. The number of carbonyl (C=O) groups is 1. The molecular formula is C19H28ClFN2O. The number of nitrogens with two attached hydrogens (primary N) is 1. The van der Waals surface area contributed by atoms with Gasteiger partial charge < -0.3 is 10.6 Å². The average Bonchev–Trinajstić information content (AvgIpc) is 3.00. The number of benzene rings is 1. The van der Waals surface area contributed by atoms with Crippen LogP contribution in [-0.2, 0) is 10.2 Å². The summed E-state index contributed by atoms with van der Waals surface area (Å²) in [5.41, 5.74) is 6.43. The highest BCUT2D eigenvalue weighted by atomic mass is 35.5. The van der Waals surface area contributed by atoms with Gasteiger partial charge in [0.05, 0.1) is 5.41 Å². The van der Waals surface area contributed by atoms with Crippen LogP contribution in [0.25, 0.3) is 0 Å². The molecule has 1 aliphatic heterocycles. The summed E-state index contributed by atoms with van der Waals surface area (Å²) < 4.78 is 13.7. The van der Waals surface area contributed by atoms with Gasteiger partial charge in [-0.05, 0) is 42.4 Å². The monoisotopic (exact) mass is 354 g/mol. The fourth-order valence-electron chi connectivity index (χ4n) is 4.24. The lowest BCUT2D eigenvalue weighted by molar-refractivity contribution is -0.141. The number of hydrogen-bond acceptors (Lipinski definition) is 2. The van der Waals surface area contributed by atoms with Crippen molar-refractivity contribution in [3.05, 3.63) is 35.6 Å². The SMILES string of the molecule is CC1(C)CN(C(=O)C2(c3cccc(F)c3)CCCC2)CCC1N.Cl. The van der Waals surface area contributed by atoms with Crippen molar-refractivity contribution in [2.45, 2.75) is 57.4 Å². The van der Waals surface area contributed by atoms with E-state index < -0.39 is 5.41 Å². The van der Waals surface area contributed by atoms with Crippen LogP contribution < -0.4 is 5.73 Å². The predicted octanol–water partition coefficient (Wildman–Crippen LogP) is 3.65. The van der Waals surface area contributed by atoms with Gasteiger partial charge in [0.15, 0.2) is 0 Å². The zero-order valence-electron chi connectivity index (χ0n) is 14.6. The molecule has 1 aromatic carbocycles. The predicted molar refractivity (Wildman–Crippen MR) is 96.7 cm³/mol. The van der Waals surface area contributed by atoms with Crippen LogP contribution in [0, 0.1) is 11.2 Å². The molecule has 1 aromatic rings. The highest BCUT2D eigenvalue weighted by Crippen LogP contribution is 2.44. The lowest BCUT2D eigenvalue weighted by Crippen LogP contribution is -2.57. The lowest BCUT2D eigenvalue weighted by Gasteiger charge is -2.45. The standard InChI is InChI=1S/C19H27FN2O.ClH/c1-18(2)13-22(11-8-16(18)21)17(23)19(9-3-4-10-19)14-6-5-7-15(20)12-14;/h5-7,12,16H,3-4,8-11,13,21H2,1-2H3;1H. The second kappa shape index (κ2) is 7.01. The Morgan fingerprint density at radius 3 is 2.54 bits per heavy atom. The number of piperidine rings is 1. The van der Waals surface area contributed by atoms with Crippen molar-refractivity contribution < 1.29 is 9.18 Å². The summed E-state index contributed by atoms with van der Waals surface area (Å²) in [5, 5.41) is 0. The van der Waals surface area contributed by atoms with E-state index in [1.54, 1.807) is 12.1 Å². The van der Waals surface area contributed by atoms with E-state index >= 15 is 0 Å². The van der Waals surface area contributed by atoms with Crippen LogP contribution in [0.3, 0.4) is 0 Å². The number of rotatable bonds is 2. The molecule has 134 valence electrons. The highest BCUT2D eigenvalue weighted by molar-refractivity contribution is 5.89. The Hall–Kier alpha value is -1.13. The van der Waals surface area contributed by atoms with Gasteiger partial charge in [0, 0.05) is 19.1 Å². The van der Waals surface area contributed by atoms with Crippen LogP contribution in [-0.4, -0.2) is 29.9 Å². The third kappa shape index (κ3) is 3.31. The van der Waals surface area contributed by atoms with Crippen molar-refractivity contribution in [3.63, 3.8) is 0 Å². The molecular weight excluding hydrogens is 327 g/mol. The normalized spacial score (nSPS) is 25.2. The van der Waals surface area contributed by atoms with Gasteiger partial charge in [0.1, 0.15) is 5.82 Å². The maximum Gasteiger partial charge on any atom is 0.233 e. The first-order valence-corrected chi connectivity index (χ1v) is 8.66. The van der Waals surface area contributed by atoms with Gasteiger partial charge in [-0.3, -0.25) is 4.79 Å². The van der Waals surface area contributed by atoms with E-state index in [4.69, 9.17) is 5.73 Å². The molecule has 2 fully saturated rings. The zero-order chi connectivity index (χ0) is 16.7. The Balaban J connectivity index is 0.00000208. The topological polar surface area (TPSA) is 46.3 Å². The summed E-state index contributed by atoms with van der Waals surface area (Å²) in [6, 6.07) is 6.74. The van der Waals surface area contributed by atoms with Gasteiger partial charge >= 0.3 is 0 Å². The van der Waals surface area contributed by atoms with Gasteiger partial charge in [0.25, 0.3) is 0 Å². The molecule has 0 spiro atoms. The molecule has 1 heterocycles. The van der Waals surface area contributed by atoms with Crippen molar-refractivity contribution >= 4 is 18.3 Å². The van der Waals surface area contributed by atoms with Crippen molar-refractivity contribution in [1.82, 2.24) is 4.90 Å². The molecule has 3 rings (SSSR count). The molecule has 1 saturated carbocycles. The molecule has 1 atom stereocenters. The minimum absolute atomic E-state index is 0. The number of carbonyl (C=O) groups excluding carboxylic acids is 1. The van der Waals surface area contributed by atoms with E-state index in [0.29, 0.717) is 13.1 Å². The second-order valence-corrected chi connectivity index (χ2v) is 7.91. The third-order valence-corrected chi connectivity index (χ3v) is 5.84. The van der Waals surface area contributed by atoms with E-state index in [9.17, 15) is 9.18 Å². The lowest BCUT2D eigenvalue weighted by atomic mass is 9.75. The smallest absolute Gasteiger partial charge is 0.233 e. The molecule has 0 aromatic heterocycles. The Labute approximate surface area is 150 Å². The first-order valence-electron chi connectivity index (χ1n) is 8.66. The molecule has 24 heavy (non-hydrogen) atoms. The second-order valence-electron chi connectivity index (χ2n) is 7.91. The van der Waals surface area contributed by atoms with Gasteiger partial charge in [-0.15, -0.1) is 12.4 Å². The van der Waals surface area contributed by atoms with Gasteiger partial charge in [-0.25, -0.2) is 4.39 Å². The molecule has 2 N–H and O–H groups in total. The minimum atomic E-state index is -0.542. The number of likely N-dealkylation sites (tertiary alicyclic amines) is 1. The number of hydrogen-bond donors (Lipinski definition) is 1. The summed E-state index contributed by atoms with van der Waals surface area (Å²) in [6.45, 7) is 5.64. The highest BCUT2D eigenvalue weighted by Gasteiger charge is 2.47. The molecule has 2 aliphatic rings. The third-order valence-electron chi connectivity index (χ3n) is 5.84. The maximum atomic E-state index is 13.7. The molecule has 1 saturated heterocycles. The molecule has 0 radical (unpaired) electrons. The van der Waals surface area contributed by atoms with E-state index in [0.717, 1.165) is 37.7 Å². The van der Waals surface area contributed by atoms with Crippen LogP contribution in [0.4, 0.5) is 4.39 Å². The summed E-state index contributed by atoms with van der Waals surface area (Å²) in [5.74, 6) is -0.0943. The van der Waals surface area contributed by atoms with Crippen molar-refractivity contribution in [2.24, 2.45) is 11.1 Å². The van der Waals surface area contributed by atoms with Crippen molar-refractivity contribution in [1.29, 1.82) is 0 Å². The first kappa shape index (κ1) is 19.2. The Morgan fingerprint density at radius 1 is 1.29 bits per heavy atom. The van der Waals surface area contributed by atoms with Crippen LogP contribution in [0.15, 0.2) is 24.3 Å². The summed E-state index contributed by atoms with van der Waals surface area (Å²) in [6.07, 6.45) is 4.52. The van der Waals surface area contributed by atoms with E-state index in [1.165, 1.54) is 6.07 Å². The van der Waals surface area contributed by atoms with Crippen molar-refractivity contribution in [2.75, 3.05) is 13.1 Å². The minimum Gasteiger partial charge on any atom is -0.341 e. The van der Waals surface area contributed by atoms with E-state index in [1.807, 2.05) is 11.0 Å². The van der Waals surface area contributed by atoms with Gasteiger partial charge in [0.2, 0.25) is 5.91 Å². The van der Waals surface area contributed by atoms with Gasteiger partial charge in [-0.2, -0.15) is 0 Å². The van der Waals surface area contributed by atoms with Crippen molar-refractivity contribution in [3.8, 4) is 0 Å². The van der Waals surface area contributed by atoms with Crippen LogP contribution in [0.1, 0.15) is 51.5 Å². The fourth-order valence-corrected chi connectivity index (χ4v) is 4.24. The largest absolute Gasteiger partial charge is 0.341 e. The quantitative estimate of drug-likeness (QED) is 0.881. The summed E-state index contributed by atoms with van der Waals surface area (Å²) in [4.78, 5) is 15.4. The van der Waals surface area contributed by atoms with E-state index in [-0.39, 0.29) is 35.6 Å². The zero-order valence-corrected chi connectivity index (χ0v) is 15.4. The average molecular weight is 355 g/mol. The van der Waals surface area contributed by atoms with Gasteiger partial charge in [-0.1, -0.05) is 38.8 Å². The molecule has 3 nitrogen and oxygen atoms in total. The molecule has 1 aliphatic carbocycles. The number of amides is 1. The number of halogens is 2. The van der Waals surface area contributed by atoms with Crippen LogP contribution >= 0.6 is 12.4 Å². The summed E-state index contributed by atoms with van der Waals surface area (Å²) >= 11 is 0. The maximum absolute atomic E-state index is 13.7. The summed E-state index contributed by atoms with van der Waals surface area (Å²) in [7, 11) is 0. The Bertz CT molecular complexity index is 599. The number of nitrogens with zero attached hydrogens (tertiary/aromatic N) is 1.